The van der Waals surface area contributed by atoms with E-state index in [1.165, 1.54) is 17.6 Å². The number of aryl methyl sites for hydroxylation is 1. The Morgan fingerprint density at radius 2 is 1.95 bits per heavy atom. The number of hydrogen-bond donors (Lipinski definition) is 1. The molecule has 0 saturated carbocycles. The molecule has 0 amide bonds. The van der Waals surface area contributed by atoms with Crippen molar-refractivity contribution in [2.75, 3.05) is 0 Å². The average Bonchev–Trinajstić information content (AvgIpc) is 2.69. The number of halogens is 1. The number of aromatic amines is 1. The average molecular weight is 351 g/mol. The number of carbonyl (C=O) groups is 2. The Balaban J connectivity index is 2.38. The van der Waals surface area contributed by atoms with Gasteiger partial charge in [0.25, 0.3) is 5.56 Å². The minimum Gasteiger partial charge on any atom is -0.355 e. The standard InChI is InChI=1S/C15H15BrN2O3/c1-8-14(10(3)19)9(2)17-15(8)12(20)7-18-6-11(16)4-5-13(18)21/h4-6,17H,7H2,1-3H3. The van der Waals surface area contributed by atoms with Crippen molar-refractivity contribution in [2.24, 2.45) is 0 Å². The predicted molar refractivity (Wildman–Crippen MR) is 83.0 cm³/mol. The van der Waals surface area contributed by atoms with Crippen LogP contribution >= 0.6 is 15.9 Å². The SMILES string of the molecule is CC(=O)c1c(C)[nH]c(C(=O)Cn2cc(Br)ccc2=O)c1C. The number of nitrogens with zero attached hydrogens (tertiary/aromatic N) is 1. The molecule has 6 heteroatoms. The summed E-state index contributed by atoms with van der Waals surface area (Å²) in [6, 6.07) is 3.02. The lowest BCUT2D eigenvalue weighted by Crippen LogP contribution is -2.23. The maximum Gasteiger partial charge on any atom is 0.251 e. The first-order valence-corrected chi connectivity index (χ1v) is 7.20. The largest absolute Gasteiger partial charge is 0.355 e. The Hall–Kier alpha value is -1.95. The lowest BCUT2D eigenvalue weighted by molar-refractivity contribution is 0.0965. The van der Waals surface area contributed by atoms with Gasteiger partial charge in [0.2, 0.25) is 0 Å². The number of pyridine rings is 1. The number of Topliss-reactive ketones (excluding diaryl/α,β-unsaturated/α-hetero) is 2. The van der Waals surface area contributed by atoms with Gasteiger partial charge in [-0.15, -0.1) is 0 Å². The van der Waals surface area contributed by atoms with Crippen molar-refractivity contribution in [3.05, 3.63) is 55.7 Å². The summed E-state index contributed by atoms with van der Waals surface area (Å²) >= 11 is 3.27. The minimum atomic E-state index is -0.251. The van der Waals surface area contributed by atoms with Crippen molar-refractivity contribution in [1.82, 2.24) is 9.55 Å². The number of aromatic nitrogens is 2. The molecule has 21 heavy (non-hydrogen) atoms. The van der Waals surface area contributed by atoms with Crippen molar-refractivity contribution in [3.8, 4) is 0 Å². The van der Waals surface area contributed by atoms with Crippen molar-refractivity contribution in [3.63, 3.8) is 0 Å². The highest BCUT2D eigenvalue weighted by atomic mass is 79.9. The molecule has 110 valence electrons. The number of nitrogens with one attached hydrogen (secondary N) is 1. The predicted octanol–water partition coefficient (Wildman–Crippen LogP) is 2.64. The molecule has 0 aliphatic rings. The van der Waals surface area contributed by atoms with Gasteiger partial charge in [-0.3, -0.25) is 14.4 Å². The zero-order valence-electron chi connectivity index (χ0n) is 12.0. The first-order chi connectivity index (χ1) is 9.81. The van der Waals surface area contributed by atoms with Gasteiger partial charge in [0, 0.05) is 28.0 Å². The third-order valence-electron chi connectivity index (χ3n) is 3.33. The molecule has 0 bridgehead atoms. The van der Waals surface area contributed by atoms with Crippen molar-refractivity contribution in [1.29, 1.82) is 0 Å². The van der Waals surface area contributed by atoms with Gasteiger partial charge < -0.3 is 9.55 Å². The molecule has 0 aliphatic heterocycles. The number of rotatable bonds is 4. The van der Waals surface area contributed by atoms with Crippen LogP contribution < -0.4 is 5.56 Å². The minimum absolute atomic E-state index is 0.0730. The number of carbonyl (C=O) groups excluding carboxylic acids is 2. The zero-order chi connectivity index (χ0) is 15.7. The second-order valence-electron chi connectivity index (χ2n) is 4.92. The zero-order valence-corrected chi connectivity index (χ0v) is 13.6. The first-order valence-electron chi connectivity index (χ1n) is 6.40. The van der Waals surface area contributed by atoms with Gasteiger partial charge in [-0.25, -0.2) is 0 Å². The quantitative estimate of drug-likeness (QED) is 0.861. The first kappa shape index (κ1) is 15.4. The van der Waals surface area contributed by atoms with Crippen molar-refractivity contribution in [2.45, 2.75) is 27.3 Å². The monoisotopic (exact) mass is 350 g/mol. The summed E-state index contributed by atoms with van der Waals surface area (Å²) in [6.45, 7) is 4.88. The molecule has 2 aromatic rings. The molecule has 1 N–H and O–H groups in total. The molecule has 2 heterocycles. The van der Waals surface area contributed by atoms with Crippen molar-refractivity contribution < 1.29 is 9.59 Å². The van der Waals surface area contributed by atoms with Gasteiger partial charge in [-0.05, 0) is 48.3 Å². The molecule has 0 spiro atoms. The summed E-state index contributed by atoms with van der Waals surface area (Å²) in [4.78, 5) is 38.6. The highest BCUT2D eigenvalue weighted by Crippen LogP contribution is 2.19. The van der Waals surface area contributed by atoms with E-state index in [2.05, 4.69) is 20.9 Å². The van der Waals surface area contributed by atoms with Crippen LogP contribution in [0.4, 0.5) is 0 Å². The van der Waals surface area contributed by atoms with Gasteiger partial charge in [0.05, 0.1) is 12.2 Å². The van der Waals surface area contributed by atoms with Crippen LogP contribution in [0.5, 0.6) is 0 Å². The summed E-state index contributed by atoms with van der Waals surface area (Å²) in [6.07, 6.45) is 1.57. The Morgan fingerprint density at radius 3 is 2.52 bits per heavy atom. The normalized spacial score (nSPS) is 10.7. The maximum absolute atomic E-state index is 12.4. The molecule has 0 aliphatic carbocycles. The van der Waals surface area contributed by atoms with Crippen LogP contribution in [-0.2, 0) is 6.54 Å². The van der Waals surface area contributed by atoms with Crippen LogP contribution in [0, 0.1) is 13.8 Å². The van der Waals surface area contributed by atoms with Gasteiger partial charge in [-0.1, -0.05) is 0 Å². The van der Waals surface area contributed by atoms with Crippen LogP contribution in [0.1, 0.15) is 39.0 Å². The second kappa shape index (κ2) is 5.81. The Labute approximate surface area is 130 Å². The molecule has 5 nitrogen and oxygen atoms in total. The summed E-state index contributed by atoms with van der Waals surface area (Å²) in [5, 5.41) is 0. The van der Waals surface area contributed by atoms with E-state index in [0.29, 0.717) is 22.5 Å². The highest BCUT2D eigenvalue weighted by molar-refractivity contribution is 9.10. The Kier molecular flexibility index (Phi) is 4.27. The molecule has 0 fully saturated rings. The van der Waals surface area contributed by atoms with Crippen LogP contribution in [0.15, 0.2) is 27.6 Å². The van der Waals surface area contributed by atoms with Gasteiger partial charge in [0.15, 0.2) is 11.6 Å². The molecule has 0 saturated heterocycles. The van der Waals surface area contributed by atoms with E-state index in [1.807, 2.05) is 0 Å². The van der Waals surface area contributed by atoms with E-state index in [4.69, 9.17) is 0 Å². The van der Waals surface area contributed by atoms with E-state index in [-0.39, 0.29) is 23.7 Å². The van der Waals surface area contributed by atoms with Crippen molar-refractivity contribution >= 4 is 27.5 Å². The van der Waals surface area contributed by atoms with E-state index >= 15 is 0 Å². The summed E-state index contributed by atoms with van der Waals surface area (Å²) in [5.41, 5.74) is 1.97. The smallest absolute Gasteiger partial charge is 0.251 e. The van der Waals surface area contributed by atoms with Gasteiger partial charge in [0.1, 0.15) is 0 Å². The number of hydrogen-bond acceptors (Lipinski definition) is 3. The fourth-order valence-electron chi connectivity index (χ4n) is 2.42. The van der Waals surface area contributed by atoms with Crippen LogP contribution in [0.3, 0.4) is 0 Å². The van der Waals surface area contributed by atoms with E-state index < -0.39 is 0 Å². The molecule has 0 unspecified atom stereocenters. The molecular weight excluding hydrogens is 336 g/mol. The van der Waals surface area contributed by atoms with Gasteiger partial charge >= 0.3 is 0 Å². The lowest BCUT2D eigenvalue weighted by Gasteiger charge is -2.05. The third kappa shape index (κ3) is 3.05. The molecule has 0 atom stereocenters. The summed E-state index contributed by atoms with van der Waals surface area (Å²) < 4.78 is 2.05. The fourth-order valence-corrected chi connectivity index (χ4v) is 2.80. The summed E-state index contributed by atoms with van der Waals surface area (Å²) in [5.74, 6) is -0.316. The molecular formula is C15H15BrN2O3. The fraction of sp³-hybridized carbons (Fsp3) is 0.267. The second-order valence-corrected chi connectivity index (χ2v) is 5.83. The molecule has 0 radical (unpaired) electrons. The summed E-state index contributed by atoms with van der Waals surface area (Å²) in [7, 11) is 0. The van der Waals surface area contributed by atoms with Crippen LogP contribution in [-0.4, -0.2) is 21.1 Å². The topological polar surface area (TPSA) is 71.9 Å². The van der Waals surface area contributed by atoms with Gasteiger partial charge in [-0.2, -0.15) is 0 Å². The maximum atomic E-state index is 12.4. The molecule has 0 aromatic carbocycles. The molecule has 2 aromatic heterocycles. The van der Waals surface area contributed by atoms with Crippen LogP contribution in [0.2, 0.25) is 0 Å². The number of ketones is 2. The third-order valence-corrected chi connectivity index (χ3v) is 3.80. The van der Waals surface area contributed by atoms with E-state index in [0.717, 1.165) is 4.47 Å². The number of H-pyrrole nitrogens is 1. The lowest BCUT2D eigenvalue weighted by atomic mass is 10.1. The van der Waals surface area contributed by atoms with E-state index in [1.54, 1.807) is 26.1 Å². The highest BCUT2D eigenvalue weighted by Gasteiger charge is 2.20. The van der Waals surface area contributed by atoms with Crippen LogP contribution in [0.25, 0.3) is 0 Å². The Morgan fingerprint density at radius 1 is 1.29 bits per heavy atom. The van der Waals surface area contributed by atoms with E-state index in [9.17, 15) is 14.4 Å². The Bertz CT molecular complexity index is 787. The molecule has 2 rings (SSSR count).